The van der Waals surface area contributed by atoms with E-state index in [1.54, 1.807) is 0 Å². The van der Waals surface area contributed by atoms with Gasteiger partial charge >= 0.3 is 0 Å². The van der Waals surface area contributed by atoms with Gasteiger partial charge in [-0.05, 0) is 11.6 Å². The van der Waals surface area contributed by atoms with Gasteiger partial charge in [0, 0.05) is 44.9 Å². The molecule has 0 aliphatic carbocycles. The zero-order valence-corrected chi connectivity index (χ0v) is 15.5. The molecule has 1 fully saturated rings. The fourth-order valence-corrected chi connectivity index (χ4v) is 4.83. The molecule has 1 aliphatic heterocycles. The van der Waals surface area contributed by atoms with Crippen LogP contribution in [0.2, 0.25) is 5.02 Å². The third-order valence-corrected chi connectivity index (χ3v) is 6.70. The standard InChI is InChI=1S/C17H18ClN3O4S/c18-16-7-6-15(21(22)23)12-17(16)26(24,25)20-10-8-19(9-11-20)13-14-4-2-1-3-5-14/h1-7,12H,8-11,13H2. The Hall–Kier alpha value is -2.00. The van der Waals surface area contributed by atoms with E-state index in [0.717, 1.165) is 12.6 Å². The molecule has 1 heterocycles. The molecule has 0 radical (unpaired) electrons. The van der Waals surface area contributed by atoms with Crippen LogP contribution in [0.4, 0.5) is 5.69 Å². The second-order valence-electron chi connectivity index (χ2n) is 6.04. The highest BCUT2D eigenvalue weighted by atomic mass is 35.5. The summed E-state index contributed by atoms with van der Waals surface area (Å²) >= 11 is 6.00. The summed E-state index contributed by atoms with van der Waals surface area (Å²) in [6.07, 6.45) is 0. The monoisotopic (exact) mass is 395 g/mol. The molecule has 9 heteroatoms. The minimum absolute atomic E-state index is 0.0117. The first kappa shape index (κ1) is 18.8. The highest BCUT2D eigenvalue weighted by Crippen LogP contribution is 2.29. The van der Waals surface area contributed by atoms with E-state index in [1.807, 2.05) is 30.3 Å². The minimum Gasteiger partial charge on any atom is -0.296 e. The maximum Gasteiger partial charge on any atom is 0.270 e. The summed E-state index contributed by atoms with van der Waals surface area (Å²) in [5.74, 6) is 0. The van der Waals surface area contributed by atoms with Crippen molar-refractivity contribution in [1.82, 2.24) is 9.21 Å². The molecule has 0 atom stereocenters. The van der Waals surface area contributed by atoms with Gasteiger partial charge in [0.1, 0.15) is 4.90 Å². The number of hydrogen-bond donors (Lipinski definition) is 0. The van der Waals surface area contributed by atoms with Crippen molar-refractivity contribution in [1.29, 1.82) is 0 Å². The lowest BCUT2D eigenvalue weighted by Gasteiger charge is -2.34. The Bertz CT molecular complexity index is 897. The fraction of sp³-hybridized carbons (Fsp3) is 0.294. The van der Waals surface area contributed by atoms with Crippen molar-refractivity contribution >= 4 is 27.3 Å². The van der Waals surface area contributed by atoms with E-state index in [2.05, 4.69) is 4.90 Å². The lowest BCUT2D eigenvalue weighted by molar-refractivity contribution is -0.385. The van der Waals surface area contributed by atoms with Crippen molar-refractivity contribution in [3.8, 4) is 0 Å². The molecule has 2 aromatic rings. The van der Waals surface area contributed by atoms with E-state index < -0.39 is 14.9 Å². The Balaban J connectivity index is 1.72. The average molecular weight is 396 g/mol. The molecule has 3 rings (SSSR count). The summed E-state index contributed by atoms with van der Waals surface area (Å²) in [7, 11) is -3.87. The predicted molar refractivity (Wildman–Crippen MR) is 98.6 cm³/mol. The number of nitrogens with zero attached hydrogens (tertiary/aromatic N) is 3. The topological polar surface area (TPSA) is 83.8 Å². The van der Waals surface area contributed by atoms with Gasteiger partial charge in [-0.3, -0.25) is 15.0 Å². The molecule has 0 amide bonds. The number of nitro benzene ring substituents is 1. The molecule has 0 aromatic heterocycles. The zero-order valence-electron chi connectivity index (χ0n) is 13.9. The van der Waals surface area contributed by atoms with Crippen LogP contribution in [0.15, 0.2) is 53.4 Å². The van der Waals surface area contributed by atoms with E-state index in [1.165, 1.54) is 22.0 Å². The van der Waals surface area contributed by atoms with Crippen LogP contribution in [-0.2, 0) is 16.6 Å². The van der Waals surface area contributed by atoms with Crippen LogP contribution < -0.4 is 0 Å². The first-order chi connectivity index (χ1) is 12.4. The second kappa shape index (κ2) is 7.71. The van der Waals surface area contributed by atoms with Gasteiger partial charge in [-0.2, -0.15) is 4.31 Å². The molecule has 138 valence electrons. The van der Waals surface area contributed by atoms with Crippen LogP contribution in [0.25, 0.3) is 0 Å². The first-order valence-corrected chi connectivity index (χ1v) is 9.90. The molecule has 0 unspecified atom stereocenters. The SMILES string of the molecule is O=[N+]([O-])c1ccc(Cl)c(S(=O)(=O)N2CCN(Cc3ccccc3)CC2)c1. The van der Waals surface area contributed by atoms with E-state index in [4.69, 9.17) is 11.6 Å². The third-order valence-electron chi connectivity index (χ3n) is 4.32. The number of piperazine rings is 1. The van der Waals surface area contributed by atoms with Gasteiger partial charge in [0.05, 0.1) is 9.95 Å². The Kier molecular flexibility index (Phi) is 5.57. The molecule has 1 aliphatic rings. The largest absolute Gasteiger partial charge is 0.296 e. The summed E-state index contributed by atoms with van der Waals surface area (Å²) in [5.41, 5.74) is 0.876. The first-order valence-electron chi connectivity index (χ1n) is 8.08. The number of non-ortho nitro benzene ring substituents is 1. The Morgan fingerprint density at radius 3 is 2.31 bits per heavy atom. The Labute approximate surface area is 157 Å². The quantitative estimate of drug-likeness (QED) is 0.574. The summed E-state index contributed by atoms with van der Waals surface area (Å²) in [5, 5.41) is 10.9. The fourth-order valence-electron chi connectivity index (χ4n) is 2.91. The van der Waals surface area contributed by atoms with E-state index >= 15 is 0 Å². The molecule has 0 saturated carbocycles. The molecule has 2 aromatic carbocycles. The number of nitro groups is 1. The number of rotatable bonds is 5. The van der Waals surface area contributed by atoms with Crippen LogP contribution in [0, 0.1) is 10.1 Å². The van der Waals surface area contributed by atoms with Gasteiger partial charge in [0.15, 0.2) is 0 Å². The number of benzene rings is 2. The highest BCUT2D eigenvalue weighted by Gasteiger charge is 2.31. The van der Waals surface area contributed by atoms with Crippen molar-refractivity contribution in [2.45, 2.75) is 11.4 Å². The van der Waals surface area contributed by atoms with Crippen molar-refractivity contribution in [2.24, 2.45) is 0 Å². The van der Waals surface area contributed by atoms with Crippen LogP contribution in [-0.4, -0.2) is 48.7 Å². The second-order valence-corrected chi connectivity index (χ2v) is 8.35. The smallest absolute Gasteiger partial charge is 0.270 e. The normalized spacial score (nSPS) is 16.5. The van der Waals surface area contributed by atoms with Gasteiger partial charge in [-0.15, -0.1) is 0 Å². The van der Waals surface area contributed by atoms with Crippen molar-refractivity contribution in [2.75, 3.05) is 26.2 Å². The predicted octanol–water partition coefficient (Wildman–Crippen LogP) is 2.75. The lowest BCUT2D eigenvalue weighted by Crippen LogP contribution is -2.48. The van der Waals surface area contributed by atoms with Gasteiger partial charge in [0.25, 0.3) is 5.69 Å². The summed E-state index contributed by atoms with van der Waals surface area (Å²) in [4.78, 5) is 12.3. The van der Waals surface area contributed by atoms with Gasteiger partial charge in [0.2, 0.25) is 10.0 Å². The molecule has 0 spiro atoms. The number of sulfonamides is 1. The van der Waals surface area contributed by atoms with Gasteiger partial charge in [-0.25, -0.2) is 8.42 Å². The van der Waals surface area contributed by atoms with Crippen LogP contribution in [0.3, 0.4) is 0 Å². The van der Waals surface area contributed by atoms with Crippen LogP contribution in [0.5, 0.6) is 0 Å². The van der Waals surface area contributed by atoms with E-state index in [-0.39, 0.29) is 15.6 Å². The van der Waals surface area contributed by atoms with Gasteiger partial charge < -0.3 is 0 Å². The highest BCUT2D eigenvalue weighted by molar-refractivity contribution is 7.89. The van der Waals surface area contributed by atoms with Crippen LogP contribution in [0.1, 0.15) is 5.56 Å². The molecule has 7 nitrogen and oxygen atoms in total. The van der Waals surface area contributed by atoms with E-state index in [0.29, 0.717) is 26.2 Å². The average Bonchev–Trinajstić information content (AvgIpc) is 2.63. The number of halogens is 1. The molecular weight excluding hydrogens is 378 g/mol. The lowest BCUT2D eigenvalue weighted by atomic mass is 10.2. The number of hydrogen-bond acceptors (Lipinski definition) is 5. The Morgan fingerprint density at radius 2 is 1.69 bits per heavy atom. The van der Waals surface area contributed by atoms with E-state index in [9.17, 15) is 18.5 Å². The van der Waals surface area contributed by atoms with Crippen molar-refractivity contribution < 1.29 is 13.3 Å². The van der Waals surface area contributed by atoms with Gasteiger partial charge in [-0.1, -0.05) is 41.9 Å². The summed E-state index contributed by atoms with van der Waals surface area (Å²) in [6, 6.07) is 13.4. The zero-order chi connectivity index (χ0) is 18.7. The Morgan fingerprint density at radius 1 is 1.04 bits per heavy atom. The summed E-state index contributed by atoms with van der Waals surface area (Å²) in [6.45, 7) is 2.55. The molecule has 0 N–H and O–H groups in total. The summed E-state index contributed by atoms with van der Waals surface area (Å²) < 4.78 is 27.0. The minimum atomic E-state index is -3.87. The van der Waals surface area contributed by atoms with Crippen LogP contribution >= 0.6 is 11.6 Å². The molecule has 0 bridgehead atoms. The maximum absolute atomic E-state index is 12.8. The maximum atomic E-state index is 12.8. The van der Waals surface area contributed by atoms with Crippen molar-refractivity contribution in [3.63, 3.8) is 0 Å². The van der Waals surface area contributed by atoms with Crippen molar-refractivity contribution in [3.05, 3.63) is 69.2 Å². The third kappa shape index (κ3) is 4.04. The molecular formula is C17H18ClN3O4S. The molecule has 26 heavy (non-hydrogen) atoms. The molecule has 1 saturated heterocycles.